The number of rotatable bonds is 2. The summed E-state index contributed by atoms with van der Waals surface area (Å²) in [4.78, 5) is 15.6. The van der Waals surface area contributed by atoms with E-state index < -0.39 is 5.97 Å². The fourth-order valence-electron chi connectivity index (χ4n) is 1.44. The third-order valence-electron chi connectivity index (χ3n) is 2.15. The predicted molar refractivity (Wildman–Crippen MR) is 65.6 cm³/mol. The van der Waals surface area contributed by atoms with E-state index in [2.05, 4.69) is 4.98 Å². The van der Waals surface area contributed by atoms with Crippen molar-refractivity contribution in [2.75, 3.05) is 12.3 Å². The van der Waals surface area contributed by atoms with Crippen molar-refractivity contribution in [3.8, 4) is 0 Å². The quantitative estimate of drug-likeness (QED) is 0.854. The van der Waals surface area contributed by atoms with E-state index in [-0.39, 0.29) is 18.1 Å². The molecule has 2 aromatic heterocycles. The molecule has 7 heteroatoms. The monoisotopic (exact) mass is 273 g/mol. The molecule has 0 aromatic carbocycles. The third-order valence-corrected chi connectivity index (χ3v) is 2.63. The minimum absolute atomic E-state index is 0.0380. The molecule has 0 atom stereocenters. The lowest BCUT2D eigenvalue weighted by molar-refractivity contribution is 0.0521. The number of nitrogens with zero attached hydrogens (tertiary/aromatic N) is 2. The topological polar surface area (TPSA) is 69.6 Å². The van der Waals surface area contributed by atoms with Gasteiger partial charge in [-0.15, -0.1) is 0 Å². The number of carbonyl (C=O) groups is 1. The summed E-state index contributed by atoms with van der Waals surface area (Å²) >= 11 is 11.8. The van der Waals surface area contributed by atoms with E-state index in [1.165, 1.54) is 16.7 Å². The second-order valence-electron chi connectivity index (χ2n) is 3.27. The van der Waals surface area contributed by atoms with Crippen LogP contribution in [0.3, 0.4) is 0 Å². The molecular weight excluding hydrogens is 265 g/mol. The van der Waals surface area contributed by atoms with Gasteiger partial charge in [0.15, 0.2) is 11.3 Å². The molecule has 2 rings (SSSR count). The van der Waals surface area contributed by atoms with Gasteiger partial charge in [-0.1, -0.05) is 23.2 Å². The summed E-state index contributed by atoms with van der Waals surface area (Å²) in [6.45, 7) is 1.95. The smallest absolute Gasteiger partial charge is 0.360 e. The Morgan fingerprint density at radius 2 is 2.29 bits per heavy atom. The van der Waals surface area contributed by atoms with Crippen molar-refractivity contribution < 1.29 is 9.53 Å². The molecule has 5 nitrogen and oxygen atoms in total. The molecule has 0 unspecified atom stereocenters. The number of anilines is 1. The van der Waals surface area contributed by atoms with Crippen LogP contribution >= 0.6 is 23.2 Å². The van der Waals surface area contributed by atoms with E-state index in [0.29, 0.717) is 15.7 Å². The van der Waals surface area contributed by atoms with Gasteiger partial charge in [-0.05, 0) is 13.0 Å². The highest BCUT2D eigenvalue weighted by molar-refractivity contribution is 6.36. The van der Waals surface area contributed by atoms with Crippen LogP contribution in [0, 0.1) is 0 Å². The van der Waals surface area contributed by atoms with Gasteiger partial charge in [0.05, 0.1) is 16.7 Å². The highest BCUT2D eigenvalue weighted by Crippen LogP contribution is 2.25. The molecule has 2 N–H and O–H groups in total. The number of hydrogen-bond acceptors (Lipinski definition) is 4. The number of aromatic nitrogens is 2. The fraction of sp³-hybridized carbons (Fsp3) is 0.200. The highest BCUT2D eigenvalue weighted by Gasteiger charge is 2.19. The van der Waals surface area contributed by atoms with Gasteiger partial charge >= 0.3 is 5.97 Å². The molecule has 0 radical (unpaired) electrons. The van der Waals surface area contributed by atoms with Gasteiger partial charge < -0.3 is 10.5 Å². The molecule has 17 heavy (non-hydrogen) atoms. The van der Waals surface area contributed by atoms with Gasteiger partial charge in [0.25, 0.3) is 0 Å². The Kier molecular flexibility index (Phi) is 3.13. The number of pyridine rings is 1. The first-order valence-corrected chi connectivity index (χ1v) is 5.60. The van der Waals surface area contributed by atoms with Crippen LogP contribution in [0.1, 0.15) is 17.4 Å². The number of carbonyl (C=O) groups excluding carboxylic acids is 1. The van der Waals surface area contributed by atoms with Crippen LogP contribution in [-0.4, -0.2) is 22.0 Å². The molecule has 0 amide bonds. The molecule has 0 saturated carbocycles. The van der Waals surface area contributed by atoms with Gasteiger partial charge in [-0.25, -0.2) is 9.78 Å². The lowest BCUT2D eigenvalue weighted by Gasteiger charge is -2.00. The Bertz CT molecular complexity index is 595. The highest BCUT2D eigenvalue weighted by atomic mass is 35.5. The van der Waals surface area contributed by atoms with Gasteiger partial charge in [-0.2, -0.15) is 0 Å². The molecule has 0 aliphatic carbocycles. The molecule has 0 spiro atoms. The van der Waals surface area contributed by atoms with Crippen molar-refractivity contribution in [3.05, 3.63) is 28.0 Å². The molecule has 0 aliphatic rings. The van der Waals surface area contributed by atoms with Crippen LogP contribution in [0.15, 0.2) is 12.3 Å². The van der Waals surface area contributed by atoms with Crippen LogP contribution < -0.4 is 5.73 Å². The van der Waals surface area contributed by atoms with E-state index in [0.717, 1.165) is 0 Å². The maximum absolute atomic E-state index is 11.6. The molecule has 0 fully saturated rings. The Labute approximate surface area is 107 Å². The number of halogens is 2. The Morgan fingerprint density at radius 3 is 2.94 bits per heavy atom. The first kappa shape index (κ1) is 12.0. The summed E-state index contributed by atoms with van der Waals surface area (Å²) < 4.78 is 6.29. The van der Waals surface area contributed by atoms with Crippen LogP contribution in [-0.2, 0) is 4.74 Å². The van der Waals surface area contributed by atoms with Gasteiger partial charge in [0.1, 0.15) is 5.82 Å². The maximum Gasteiger partial charge on any atom is 0.360 e. The van der Waals surface area contributed by atoms with E-state index in [1.54, 1.807) is 6.92 Å². The fourth-order valence-corrected chi connectivity index (χ4v) is 1.95. The number of fused-ring (bicyclic) bond motifs is 1. The number of hydrogen-bond donors (Lipinski definition) is 1. The standard InChI is InChI=1S/C10H9Cl2N3O2/c1-2-17-10(16)7-8(13)15-4-5(11)3-6(12)9(15)14-7/h3-4H,2,13H2,1H3. The van der Waals surface area contributed by atoms with Gasteiger partial charge in [0.2, 0.25) is 0 Å². The predicted octanol–water partition coefficient (Wildman–Crippen LogP) is 2.40. The lowest BCUT2D eigenvalue weighted by Crippen LogP contribution is -2.08. The average molecular weight is 274 g/mol. The minimum atomic E-state index is -0.583. The van der Waals surface area contributed by atoms with Gasteiger partial charge in [0, 0.05) is 6.20 Å². The number of nitrogens with two attached hydrogens (primary N) is 1. The van der Waals surface area contributed by atoms with E-state index >= 15 is 0 Å². The zero-order valence-electron chi connectivity index (χ0n) is 8.91. The SMILES string of the molecule is CCOC(=O)c1nc2c(Cl)cc(Cl)cn2c1N. The molecule has 0 aliphatic heterocycles. The third kappa shape index (κ3) is 2.03. The number of nitrogen functional groups attached to an aromatic ring is 1. The van der Waals surface area contributed by atoms with Crippen molar-refractivity contribution >= 4 is 40.6 Å². The Morgan fingerprint density at radius 1 is 1.59 bits per heavy atom. The summed E-state index contributed by atoms with van der Waals surface area (Å²) in [7, 11) is 0. The number of ether oxygens (including phenoxy) is 1. The molecule has 2 heterocycles. The van der Waals surface area contributed by atoms with E-state index in [9.17, 15) is 4.79 Å². The Hall–Kier alpha value is -1.46. The first-order chi connectivity index (χ1) is 8.04. The molecule has 0 saturated heterocycles. The van der Waals surface area contributed by atoms with Crippen LogP contribution in [0.5, 0.6) is 0 Å². The van der Waals surface area contributed by atoms with Crippen molar-refractivity contribution in [1.82, 2.24) is 9.38 Å². The maximum atomic E-state index is 11.6. The average Bonchev–Trinajstić information content (AvgIpc) is 2.57. The lowest BCUT2D eigenvalue weighted by atomic mass is 10.4. The Balaban J connectivity index is 2.64. The number of esters is 1. The summed E-state index contributed by atoms with van der Waals surface area (Å²) in [6, 6.07) is 1.53. The molecule has 2 aromatic rings. The van der Waals surface area contributed by atoms with Crippen molar-refractivity contribution in [3.63, 3.8) is 0 Å². The minimum Gasteiger partial charge on any atom is -0.461 e. The normalized spacial score (nSPS) is 10.8. The van der Waals surface area contributed by atoms with Crippen molar-refractivity contribution in [2.24, 2.45) is 0 Å². The van der Waals surface area contributed by atoms with Crippen LogP contribution in [0.25, 0.3) is 5.65 Å². The van der Waals surface area contributed by atoms with Gasteiger partial charge in [-0.3, -0.25) is 4.40 Å². The molecule has 90 valence electrons. The summed E-state index contributed by atoms with van der Waals surface area (Å²) in [5.41, 5.74) is 6.20. The van der Waals surface area contributed by atoms with Crippen molar-refractivity contribution in [1.29, 1.82) is 0 Å². The van der Waals surface area contributed by atoms with E-state index in [1.807, 2.05) is 0 Å². The largest absolute Gasteiger partial charge is 0.461 e. The van der Waals surface area contributed by atoms with Crippen LogP contribution in [0.4, 0.5) is 5.82 Å². The molecular formula is C10H9Cl2N3O2. The summed E-state index contributed by atoms with van der Waals surface area (Å²) in [5.74, 6) is -0.427. The van der Waals surface area contributed by atoms with E-state index in [4.69, 9.17) is 33.7 Å². The zero-order chi connectivity index (χ0) is 12.6. The van der Waals surface area contributed by atoms with Crippen LogP contribution in [0.2, 0.25) is 10.0 Å². The first-order valence-electron chi connectivity index (χ1n) is 4.84. The summed E-state index contributed by atoms with van der Waals surface area (Å²) in [5, 5.41) is 0.724. The number of imidazole rings is 1. The second-order valence-corrected chi connectivity index (χ2v) is 4.11. The van der Waals surface area contributed by atoms with Crippen molar-refractivity contribution in [2.45, 2.75) is 6.92 Å². The summed E-state index contributed by atoms with van der Waals surface area (Å²) in [6.07, 6.45) is 1.54. The zero-order valence-corrected chi connectivity index (χ0v) is 10.4. The molecule has 0 bridgehead atoms. The second kappa shape index (κ2) is 4.43.